The summed E-state index contributed by atoms with van der Waals surface area (Å²) in [7, 11) is -3.55. The van der Waals surface area contributed by atoms with Gasteiger partial charge in [-0.05, 0) is 66.5 Å². The van der Waals surface area contributed by atoms with Crippen LogP contribution in [0.15, 0.2) is 59.8 Å². The number of aromatic nitrogens is 2. The minimum absolute atomic E-state index is 0.112. The summed E-state index contributed by atoms with van der Waals surface area (Å²) in [6.07, 6.45) is 12.3. The first-order valence-corrected chi connectivity index (χ1v) is 17.4. The topological polar surface area (TPSA) is 133 Å². The van der Waals surface area contributed by atoms with E-state index in [1.807, 2.05) is 30.9 Å². The Bertz CT molecular complexity index is 1460. The molecule has 0 bridgehead atoms. The van der Waals surface area contributed by atoms with E-state index in [1.54, 1.807) is 6.07 Å². The molecular formula is C34H47N5O5S. The molecule has 2 N–H and O–H groups in total. The SMILES string of the molecule is CC.CCCc1ccc(CNC=O)cc1.O=C(O)c1cnc(N2CCN(S(=O)(=O)c3ccc4c(c3)CCCCCC4)CC2)cn1. The van der Waals surface area contributed by atoms with Gasteiger partial charge in [0.05, 0.1) is 17.3 Å². The standard InChI is InChI=1S/C21H26N4O4S.C11H15NO.C2H6/c26-21(27)19-14-23-20(15-22-19)24-9-11-25(12-10-24)30(28,29)18-8-7-16-5-3-1-2-4-6-17(16)13-18;1-2-3-10-4-6-11(7-5-10)8-12-9-13;1-2/h7-8,13-15H,1-6,9-12H2,(H,26,27);4-7,9H,2-3,8H2,1H3,(H,12,13);1-2H3. The van der Waals surface area contributed by atoms with Gasteiger partial charge in [0.25, 0.3) is 0 Å². The largest absolute Gasteiger partial charge is 0.476 e. The highest BCUT2D eigenvalue weighted by molar-refractivity contribution is 7.89. The molecule has 11 heteroatoms. The van der Waals surface area contributed by atoms with Crippen molar-refractivity contribution in [1.82, 2.24) is 19.6 Å². The number of sulfonamides is 1. The van der Waals surface area contributed by atoms with Crippen molar-refractivity contribution in [1.29, 1.82) is 0 Å². The zero-order valence-corrected chi connectivity index (χ0v) is 27.6. The molecule has 1 aliphatic carbocycles. The second kappa shape index (κ2) is 18.2. The average Bonchev–Trinajstić information content (AvgIpc) is 3.06. The van der Waals surface area contributed by atoms with Crippen LogP contribution in [0, 0.1) is 0 Å². The summed E-state index contributed by atoms with van der Waals surface area (Å²) in [5, 5.41) is 11.6. The fraction of sp³-hybridized carbons (Fsp3) is 0.471. The van der Waals surface area contributed by atoms with E-state index in [-0.39, 0.29) is 5.69 Å². The molecule has 2 aliphatic rings. The minimum atomic E-state index is -3.55. The molecule has 1 fully saturated rings. The second-order valence-electron chi connectivity index (χ2n) is 10.9. The molecule has 1 aromatic heterocycles. The number of nitrogens with one attached hydrogen (secondary N) is 1. The quantitative estimate of drug-likeness (QED) is 0.304. The van der Waals surface area contributed by atoms with Crippen LogP contribution < -0.4 is 10.2 Å². The summed E-state index contributed by atoms with van der Waals surface area (Å²) in [5.74, 6) is -0.570. The van der Waals surface area contributed by atoms with Gasteiger partial charge in [-0.15, -0.1) is 0 Å². The molecule has 2 aromatic carbocycles. The van der Waals surface area contributed by atoms with Gasteiger partial charge in [-0.1, -0.05) is 70.4 Å². The van der Waals surface area contributed by atoms with Gasteiger partial charge in [-0.25, -0.2) is 23.2 Å². The fourth-order valence-corrected chi connectivity index (χ4v) is 6.87. The maximum atomic E-state index is 13.2. The predicted molar refractivity (Wildman–Crippen MR) is 177 cm³/mol. The van der Waals surface area contributed by atoms with Crippen molar-refractivity contribution in [2.75, 3.05) is 31.1 Å². The number of nitrogens with zero attached hydrogens (tertiary/aromatic N) is 4. The lowest BCUT2D eigenvalue weighted by Crippen LogP contribution is -2.49. The van der Waals surface area contributed by atoms with Crippen molar-refractivity contribution in [3.8, 4) is 0 Å². The molecule has 2 heterocycles. The van der Waals surface area contributed by atoms with Crippen LogP contribution >= 0.6 is 0 Å². The van der Waals surface area contributed by atoms with Crippen molar-refractivity contribution in [2.24, 2.45) is 0 Å². The lowest BCUT2D eigenvalue weighted by molar-refractivity contribution is -0.109. The Kier molecular flexibility index (Phi) is 14.4. The highest BCUT2D eigenvalue weighted by Crippen LogP contribution is 2.26. The zero-order chi connectivity index (χ0) is 32.7. The highest BCUT2D eigenvalue weighted by Gasteiger charge is 2.29. The van der Waals surface area contributed by atoms with Crippen LogP contribution in [-0.2, 0) is 40.6 Å². The van der Waals surface area contributed by atoms with E-state index >= 15 is 0 Å². The molecule has 5 rings (SSSR count). The average molecular weight is 638 g/mol. The number of fused-ring (bicyclic) bond motifs is 1. The van der Waals surface area contributed by atoms with E-state index in [0.717, 1.165) is 44.1 Å². The number of carboxylic acids is 1. The zero-order valence-electron chi connectivity index (χ0n) is 26.7. The maximum Gasteiger partial charge on any atom is 0.356 e. The normalized spacial score (nSPS) is 15.1. The number of benzene rings is 2. The van der Waals surface area contributed by atoms with Crippen LogP contribution in [0.2, 0.25) is 0 Å². The molecule has 1 aliphatic heterocycles. The molecule has 0 unspecified atom stereocenters. The number of aromatic carboxylic acids is 1. The van der Waals surface area contributed by atoms with Crippen molar-refractivity contribution < 1.29 is 23.1 Å². The van der Waals surface area contributed by atoms with Crippen LogP contribution in [-0.4, -0.2) is 66.4 Å². The summed E-state index contributed by atoms with van der Waals surface area (Å²) in [6.45, 7) is 8.44. The number of rotatable bonds is 9. The van der Waals surface area contributed by atoms with Crippen molar-refractivity contribution in [3.63, 3.8) is 0 Å². The number of hydrogen-bond acceptors (Lipinski definition) is 7. The lowest BCUT2D eigenvalue weighted by Gasteiger charge is -2.34. The molecule has 244 valence electrons. The number of piperazine rings is 1. The van der Waals surface area contributed by atoms with Crippen LogP contribution in [0.4, 0.5) is 5.82 Å². The predicted octanol–water partition coefficient (Wildman–Crippen LogP) is 5.26. The summed E-state index contributed by atoms with van der Waals surface area (Å²) in [5.41, 5.74) is 4.84. The van der Waals surface area contributed by atoms with Gasteiger partial charge in [-0.3, -0.25) is 4.79 Å². The first-order chi connectivity index (χ1) is 21.8. The number of hydrogen-bond donors (Lipinski definition) is 2. The van der Waals surface area contributed by atoms with Crippen LogP contribution in [0.1, 0.15) is 85.6 Å². The van der Waals surface area contributed by atoms with Crippen LogP contribution in [0.5, 0.6) is 0 Å². The highest BCUT2D eigenvalue weighted by atomic mass is 32.2. The molecule has 0 saturated carbocycles. The Labute approximate surface area is 268 Å². The first-order valence-electron chi connectivity index (χ1n) is 16.0. The first kappa shape index (κ1) is 35.6. The Morgan fingerprint density at radius 1 is 0.889 bits per heavy atom. The molecule has 1 amide bonds. The summed E-state index contributed by atoms with van der Waals surface area (Å²) < 4.78 is 27.9. The van der Waals surface area contributed by atoms with Crippen molar-refractivity contribution in [3.05, 3.63) is 82.8 Å². The third kappa shape index (κ3) is 10.4. The molecule has 45 heavy (non-hydrogen) atoms. The molecule has 1 saturated heterocycles. The molecule has 0 spiro atoms. The van der Waals surface area contributed by atoms with E-state index in [2.05, 4.69) is 46.5 Å². The van der Waals surface area contributed by atoms with Gasteiger partial charge in [0.1, 0.15) is 5.82 Å². The molecule has 3 aromatic rings. The molecular weight excluding hydrogens is 590 g/mol. The number of carbonyl (C=O) groups is 2. The Balaban J connectivity index is 0.000000309. The number of carbonyl (C=O) groups excluding carboxylic acids is 1. The van der Waals surface area contributed by atoms with Gasteiger partial charge >= 0.3 is 5.97 Å². The van der Waals surface area contributed by atoms with Gasteiger partial charge in [0, 0.05) is 32.7 Å². The summed E-state index contributed by atoms with van der Waals surface area (Å²) in [4.78, 5) is 31.3. The van der Waals surface area contributed by atoms with E-state index in [4.69, 9.17) is 5.11 Å². The lowest BCUT2D eigenvalue weighted by atomic mass is 9.93. The second-order valence-corrected chi connectivity index (χ2v) is 12.8. The minimum Gasteiger partial charge on any atom is -0.476 e. The number of amides is 1. The number of aryl methyl sites for hydroxylation is 3. The molecule has 0 radical (unpaired) electrons. The van der Waals surface area contributed by atoms with Gasteiger partial charge in [-0.2, -0.15) is 4.31 Å². The third-order valence-corrected chi connectivity index (χ3v) is 9.72. The van der Waals surface area contributed by atoms with E-state index < -0.39 is 16.0 Å². The van der Waals surface area contributed by atoms with E-state index in [1.165, 1.54) is 52.7 Å². The van der Waals surface area contributed by atoms with Crippen molar-refractivity contribution in [2.45, 2.75) is 83.6 Å². The van der Waals surface area contributed by atoms with E-state index in [0.29, 0.717) is 43.4 Å². The monoisotopic (exact) mass is 637 g/mol. The van der Waals surface area contributed by atoms with Gasteiger partial charge < -0.3 is 15.3 Å². The Morgan fingerprint density at radius 3 is 2.11 bits per heavy atom. The summed E-state index contributed by atoms with van der Waals surface area (Å²) in [6, 6.07) is 14.0. The Hall–Kier alpha value is -3.83. The van der Waals surface area contributed by atoms with Gasteiger partial charge in [0.2, 0.25) is 16.4 Å². The van der Waals surface area contributed by atoms with Crippen LogP contribution in [0.25, 0.3) is 0 Å². The molecule has 10 nitrogen and oxygen atoms in total. The fourth-order valence-electron chi connectivity index (χ4n) is 5.40. The van der Waals surface area contributed by atoms with Crippen molar-refractivity contribution >= 4 is 28.2 Å². The third-order valence-electron chi connectivity index (χ3n) is 7.83. The van der Waals surface area contributed by atoms with E-state index in [9.17, 15) is 18.0 Å². The van der Waals surface area contributed by atoms with Gasteiger partial charge in [0.15, 0.2) is 5.69 Å². The maximum absolute atomic E-state index is 13.2. The number of anilines is 1. The smallest absolute Gasteiger partial charge is 0.356 e. The van der Waals surface area contributed by atoms with Crippen LogP contribution in [0.3, 0.4) is 0 Å². The number of carboxylic acid groups (broad SMARTS) is 1. The Morgan fingerprint density at radius 2 is 1.53 bits per heavy atom. The summed E-state index contributed by atoms with van der Waals surface area (Å²) >= 11 is 0. The molecule has 0 atom stereocenters.